The predicted octanol–water partition coefficient (Wildman–Crippen LogP) is 4.17. The SMILES string of the molecule is CC[C@H](NC(=O)CN1CCC[C@@H]1c1ccc2c(c1)OCCO2)c1ccc(C)cc1. The third-order valence-corrected chi connectivity index (χ3v) is 5.88. The summed E-state index contributed by atoms with van der Waals surface area (Å²) in [6.07, 6.45) is 3.03. The first-order valence-electron chi connectivity index (χ1n) is 10.6. The van der Waals surface area contributed by atoms with E-state index in [1.165, 1.54) is 11.1 Å². The molecule has 0 radical (unpaired) electrons. The van der Waals surface area contributed by atoms with Crippen LogP contribution in [0.25, 0.3) is 0 Å². The van der Waals surface area contributed by atoms with Gasteiger partial charge in [-0.2, -0.15) is 0 Å². The van der Waals surface area contributed by atoms with Gasteiger partial charge in [0.05, 0.1) is 12.6 Å². The molecule has 4 rings (SSSR count). The molecule has 154 valence electrons. The minimum absolute atomic E-state index is 0.0541. The van der Waals surface area contributed by atoms with Crippen molar-refractivity contribution >= 4 is 5.91 Å². The van der Waals surface area contributed by atoms with Gasteiger partial charge in [0.25, 0.3) is 0 Å². The summed E-state index contributed by atoms with van der Waals surface area (Å²) in [5, 5.41) is 3.23. The molecule has 0 unspecified atom stereocenters. The summed E-state index contributed by atoms with van der Waals surface area (Å²) in [5.41, 5.74) is 3.59. The van der Waals surface area contributed by atoms with E-state index in [9.17, 15) is 4.79 Å². The zero-order chi connectivity index (χ0) is 20.2. The van der Waals surface area contributed by atoms with Crippen molar-refractivity contribution in [1.82, 2.24) is 10.2 Å². The third-order valence-electron chi connectivity index (χ3n) is 5.88. The number of likely N-dealkylation sites (tertiary alicyclic amines) is 1. The van der Waals surface area contributed by atoms with Gasteiger partial charge in [0, 0.05) is 6.04 Å². The molecule has 5 heteroatoms. The molecule has 2 aromatic rings. The molecule has 0 bridgehead atoms. The number of benzene rings is 2. The van der Waals surface area contributed by atoms with Crippen LogP contribution in [0.1, 0.15) is 55.0 Å². The first-order chi connectivity index (χ1) is 14.1. The minimum atomic E-state index is 0.0541. The number of hydrogen-bond donors (Lipinski definition) is 1. The lowest BCUT2D eigenvalue weighted by Crippen LogP contribution is -2.38. The van der Waals surface area contributed by atoms with Gasteiger partial charge in [0.1, 0.15) is 13.2 Å². The van der Waals surface area contributed by atoms with Gasteiger partial charge in [-0.15, -0.1) is 0 Å². The molecule has 5 nitrogen and oxygen atoms in total. The topological polar surface area (TPSA) is 50.8 Å². The Morgan fingerprint density at radius 2 is 1.90 bits per heavy atom. The van der Waals surface area contributed by atoms with Crippen LogP contribution in [0, 0.1) is 6.92 Å². The Hall–Kier alpha value is -2.53. The van der Waals surface area contributed by atoms with Crippen LogP contribution < -0.4 is 14.8 Å². The number of carbonyl (C=O) groups excluding carboxylic acids is 1. The monoisotopic (exact) mass is 394 g/mol. The Morgan fingerprint density at radius 3 is 2.66 bits per heavy atom. The summed E-state index contributed by atoms with van der Waals surface area (Å²) in [5.74, 6) is 1.71. The van der Waals surface area contributed by atoms with Crippen LogP contribution in [0.4, 0.5) is 0 Å². The standard InChI is InChI=1S/C24H30N2O3/c1-3-20(18-8-6-17(2)7-9-18)25-24(27)16-26-12-4-5-21(26)19-10-11-22-23(15-19)29-14-13-28-22/h6-11,15,20-21H,3-5,12-14,16H2,1-2H3,(H,25,27)/t20-,21+/m0/s1. The fourth-order valence-electron chi connectivity index (χ4n) is 4.30. The van der Waals surface area contributed by atoms with Crippen molar-refractivity contribution in [2.24, 2.45) is 0 Å². The molecule has 0 aromatic heterocycles. The molecular formula is C24H30N2O3. The predicted molar refractivity (Wildman–Crippen MR) is 113 cm³/mol. The van der Waals surface area contributed by atoms with Crippen LogP contribution >= 0.6 is 0 Å². The van der Waals surface area contributed by atoms with E-state index in [1.807, 2.05) is 6.07 Å². The maximum absolute atomic E-state index is 12.8. The highest BCUT2D eigenvalue weighted by molar-refractivity contribution is 5.78. The fourth-order valence-corrected chi connectivity index (χ4v) is 4.30. The van der Waals surface area contributed by atoms with Gasteiger partial charge in [-0.1, -0.05) is 42.8 Å². The van der Waals surface area contributed by atoms with Crippen molar-refractivity contribution in [1.29, 1.82) is 0 Å². The van der Waals surface area contributed by atoms with Crippen molar-refractivity contribution in [3.8, 4) is 11.5 Å². The second kappa shape index (κ2) is 8.87. The molecule has 2 heterocycles. The zero-order valence-corrected chi connectivity index (χ0v) is 17.3. The molecule has 2 aliphatic rings. The average Bonchev–Trinajstić information content (AvgIpc) is 3.20. The Kier molecular flexibility index (Phi) is 6.05. The van der Waals surface area contributed by atoms with Crippen molar-refractivity contribution in [3.05, 3.63) is 59.2 Å². The summed E-state index contributed by atoms with van der Waals surface area (Å²) in [7, 11) is 0. The largest absolute Gasteiger partial charge is 0.486 e. The van der Waals surface area contributed by atoms with Crippen LogP contribution in [0.5, 0.6) is 11.5 Å². The lowest BCUT2D eigenvalue weighted by atomic mass is 10.0. The van der Waals surface area contributed by atoms with Gasteiger partial charge in [0.15, 0.2) is 11.5 Å². The molecular weight excluding hydrogens is 364 g/mol. The maximum Gasteiger partial charge on any atom is 0.234 e. The first-order valence-corrected chi connectivity index (χ1v) is 10.6. The second-order valence-electron chi connectivity index (χ2n) is 7.97. The van der Waals surface area contributed by atoms with E-state index in [0.29, 0.717) is 19.8 Å². The van der Waals surface area contributed by atoms with Crippen LogP contribution in [0.3, 0.4) is 0 Å². The quantitative estimate of drug-likeness (QED) is 0.799. The molecule has 2 atom stereocenters. The molecule has 1 N–H and O–H groups in total. The van der Waals surface area contributed by atoms with Gasteiger partial charge in [0.2, 0.25) is 5.91 Å². The smallest absolute Gasteiger partial charge is 0.234 e. The Balaban J connectivity index is 1.41. The van der Waals surface area contributed by atoms with E-state index in [1.54, 1.807) is 0 Å². The van der Waals surface area contributed by atoms with E-state index >= 15 is 0 Å². The van der Waals surface area contributed by atoms with E-state index in [2.05, 4.69) is 60.5 Å². The number of rotatable bonds is 6. The van der Waals surface area contributed by atoms with E-state index in [4.69, 9.17) is 9.47 Å². The summed E-state index contributed by atoms with van der Waals surface area (Å²) >= 11 is 0. The van der Waals surface area contributed by atoms with Gasteiger partial charge in [-0.05, 0) is 56.0 Å². The highest BCUT2D eigenvalue weighted by Crippen LogP contribution is 2.37. The molecule has 1 saturated heterocycles. The number of fused-ring (bicyclic) bond motifs is 1. The van der Waals surface area contributed by atoms with Crippen molar-refractivity contribution in [2.75, 3.05) is 26.3 Å². The van der Waals surface area contributed by atoms with Crippen LogP contribution in [0.15, 0.2) is 42.5 Å². The van der Waals surface area contributed by atoms with Crippen molar-refractivity contribution < 1.29 is 14.3 Å². The Morgan fingerprint density at radius 1 is 1.14 bits per heavy atom. The average molecular weight is 395 g/mol. The summed E-state index contributed by atoms with van der Waals surface area (Å²) in [6.45, 7) is 6.73. The second-order valence-corrected chi connectivity index (χ2v) is 7.97. The van der Waals surface area contributed by atoms with E-state index in [0.717, 1.165) is 42.9 Å². The molecule has 1 amide bonds. The molecule has 2 aliphatic heterocycles. The highest BCUT2D eigenvalue weighted by Gasteiger charge is 2.29. The molecule has 1 fully saturated rings. The van der Waals surface area contributed by atoms with Gasteiger partial charge >= 0.3 is 0 Å². The number of hydrogen-bond acceptors (Lipinski definition) is 4. The number of carbonyl (C=O) groups is 1. The summed E-state index contributed by atoms with van der Waals surface area (Å²) < 4.78 is 11.4. The number of aryl methyl sites for hydroxylation is 1. The molecule has 0 saturated carbocycles. The van der Waals surface area contributed by atoms with Gasteiger partial charge in [-0.25, -0.2) is 0 Å². The van der Waals surface area contributed by atoms with Crippen LogP contribution in [-0.2, 0) is 4.79 Å². The minimum Gasteiger partial charge on any atom is -0.486 e. The highest BCUT2D eigenvalue weighted by atomic mass is 16.6. The van der Waals surface area contributed by atoms with Gasteiger partial charge in [-0.3, -0.25) is 9.69 Å². The first kappa shape index (κ1) is 19.8. The normalized spacial score (nSPS) is 19.7. The third kappa shape index (κ3) is 4.56. The van der Waals surface area contributed by atoms with Gasteiger partial charge < -0.3 is 14.8 Å². The molecule has 29 heavy (non-hydrogen) atoms. The number of amides is 1. The number of ether oxygens (including phenoxy) is 2. The lowest BCUT2D eigenvalue weighted by Gasteiger charge is -2.27. The van der Waals surface area contributed by atoms with Crippen molar-refractivity contribution in [3.63, 3.8) is 0 Å². The molecule has 2 aromatic carbocycles. The van der Waals surface area contributed by atoms with Crippen molar-refractivity contribution in [2.45, 2.75) is 45.2 Å². The lowest BCUT2D eigenvalue weighted by molar-refractivity contribution is -0.123. The fraction of sp³-hybridized carbons (Fsp3) is 0.458. The molecule has 0 aliphatic carbocycles. The van der Waals surface area contributed by atoms with E-state index < -0.39 is 0 Å². The summed E-state index contributed by atoms with van der Waals surface area (Å²) in [6, 6.07) is 14.9. The Bertz CT molecular complexity index is 850. The van der Waals surface area contributed by atoms with Crippen LogP contribution in [0.2, 0.25) is 0 Å². The van der Waals surface area contributed by atoms with E-state index in [-0.39, 0.29) is 18.0 Å². The van der Waals surface area contributed by atoms with Crippen LogP contribution in [-0.4, -0.2) is 37.1 Å². The Labute approximate surface area is 173 Å². The number of nitrogens with one attached hydrogen (secondary N) is 1. The zero-order valence-electron chi connectivity index (χ0n) is 17.3. The maximum atomic E-state index is 12.8. The summed E-state index contributed by atoms with van der Waals surface area (Å²) in [4.78, 5) is 15.1. The molecule has 0 spiro atoms. The number of nitrogens with zero attached hydrogens (tertiary/aromatic N) is 1.